The van der Waals surface area contributed by atoms with E-state index >= 15 is 0 Å². The molecule has 0 saturated carbocycles. The summed E-state index contributed by atoms with van der Waals surface area (Å²) in [4.78, 5) is 18.7. The van der Waals surface area contributed by atoms with E-state index in [1.807, 2.05) is 0 Å². The van der Waals surface area contributed by atoms with Gasteiger partial charge in [0.1, 0.15) is 0 Å². The molecule has 0 fully saturated rings. The molecule has 0 atom stereocenters. The number of carboxylic acids is 2. The molecule has 0 aromatic heterocycles. The molecule has 25 heavy (non-hydrogen) atoms. The van der Waals surface area contributed by atoms with E-state index in [0.29, 0.717) is 0 Å². The Morgan fingerprint density at radius 3 is 1.92 bits per heavy atom. The van der Waals surface area contributed by atoms with Crippen LogP contribution in [0.25, 0.3) is 0 Å². The quantitative estimate of drug-likeness (QED) is 0.497. The fourth-order valence-corrected chi connectivity index (χ4v) is 3.12. The minimum atomic E-state index is -0.745. The Labute approximate surface area is 167 Å². The molecule has 4 nitrogen and oxygen atoms in total. The van der Waals surface area contributed by atoms with Crippen molar-refractivity contribution >= 4 is 11.9 Å². The van der Waals surface area contributed by atoms with Crippen LogP contribution in [0.5, 0.6) is 0 Å². The van der Waals surface area contributed by atoms with Crippen LogP contribution in [0.1, 0.15) is 78.1 Å². The van der Waals surface area contributed by atoms with Gasteiger partial charge in [-0.05, 0) is 25.7 Å². The van der Waals surface area contributed by atoms with Crippen LogP contribution in [0.15, 0.2) is 22.3 Å². The summed E-state index contributed by atoms with van der Waals surface area (Å²) in [5.74, 6) is -1.49. The zero-order chi connectivity index (χ0) is 17.2. The Balaban J connectivity index is 0. The summed E-state index contributed by atoms with van der Waals surface area (Å²) in [6.07, 6.45) is 14.1. The fourth-order valence-electron chi connectivity index (χ4n) is 3.12. The average Bonchev–Trinajstić information content (AvgIpc) is 2.94. The number of aliphatic carboxylic acids is 2. The van der Waals surface area contributed by atoms with Gasteiger partial charge in [-0.15, -0.1) is 12.0 Å². The predicted octanol–water partition coefficient (Wildman–Crippen LogP) is 5.36. The van der Waals surface area contributed by atoms with Crippen molar-refractivity contribution in [2.45, 2.75) is 78.1 Å². The van der Waals surface area contributed by atoms with Crippen LogP contribution in [-0.4, -0.2) is 22.2 Å². The van der Waals surface area contributed by atoms with Crippen molar-refractivity contribution < 1.29 is 41.5 Å². The van der Waals surface area contributed by atoms with Gasteiger partial charge in [-0.25, -0.2) is 12.0 Å². The van der Waals surface area contributed by atoms with Gasteiger partial charge in [-0.3, -0.25) is 9.59 Å². The van der Waals surface area contributed by atoms with E-state index < -0.39 is 11.9 Å². The van der Waals surface area contributed by atoms with Crippen molar-refractivity contribution in [3.8, 4) is 0 Å². The Morgan fingerprint density at radius 1 is 0.920 bits per heavy atom. The molecule has 0 aromatic rings. The third kappa shape index (κ3) is 9.32. The molecule has 3 aliphatic rings. The number of allylic oxidation sites excluding steroid dienone is 4. The Morgan fingerprint density at radius 2 is 1.40 bits per heavy atom. The van der Waals surface area contributed by atoms with E-state index in [9.17, 15) is 9.59 Å². The van der Waals surface area contributed by atoms with E-state index in [2.05, 4.69) is 6.42 Å². The van der Waals surface area contributed by atoms with Crippen LogP contribution in [0.4, 0.5) is 0 Å². The Kier molecular flexibility index (Phi) is 14.9. The van der Waals surface area contributed by atoms with Gasteiger partial charge in [-0.1, -0.05) is 38.7 Å². The van der Waals surface area contributed by atoms with Gasteiger partial charge < -0.3 is 17.6 Å². The smallest absolute Gasteiger partial charge is 0.481 e. The minimum absolute atomic E-state index is 0. The van der Waals surface area contributed by atoms with Crippen molar-refractivity contribution in [3.05, 3.63) is 36.1 Å². The first-order valence-electron chi connectivity index (χ1n) is 8.69. The molecule has 0 aromatic carbocycles. The number of carboxylic acid groups (broad SMARTS) is 2. The summed E-state index contributed by atoms with van der Waals surface area (Å²) in [5.41, 5.74) is 7.06. The second kappa shape index (κ2) is 14.2. The molecular weight excluding hydrogens is 352 g/mol. The molecule has 0 aliphatic heterocycles. The number of fused-ring (bicyclic) bond motifs is 1. The van der Waals surface area contributed by atoms with Gasteiger partial charge in [0.15, 0.2) is 0 Å². The van der Waals surface area contributed by atoms with Gasteiger partial charge in [0.05, 0.1) is 0 Å². The second-order valence-corrected chi connectivity index (χ2v) is 6.06. The van der Waals surface area contributed by atoms with Crippen LogP contribution >= 0.6 is 0 Å². The van der Waals surface area contributed by atoms with Crippen molar-refractivity contribution in [1.82, 2.24) is 0 Å². The van der Waals surface area contributed by atoms with Crippen molar-refractivity contribution in [3.63, 3.8) is 0 Å². The zero-order valence-electron chi connectivity index (χ0n) is 15.9. The molecule has 0 radical (unpaired) electrons. The summed E-state index contributed by atoms with van der Waals surface area (Å²) in [7, 11) is 0. The largest absolute Gasteiger partial charge is 2.00 e. The summed E-state index contributed by atoms with van der Waals surface area (Å²) >= 11 is 0. The van der Waals surface area contributed by atoms with Gasteiger partial charge in [-0.2, -0.15) is 5.57 Å². The maximum Gasteiger partial charge on any atom is 2.00 e. The van der Waals surface area contributed by atoms with E-state index in [1.165, 1.54) is 51.4 Å². The third-order valence-corrected chi connectivity index (χ3v) is 4.36. The topological polar surface area (TPSA) is 74.6 Å². The SMILES string of the molecule is CCC(=O)O.CCC(=O)O.[CH-]1CCCC2=C1CC1=C2CCCC1.[CH3-].[Ti+2]. The Bertz CT molecular complexity index is 448. The van der Waals surface area contributed by atoms with E-state index in [1.54, 1.807) is 36.1 Å². The summed E-state index contributed by atoms with van der Waals surface area (Å²) in [5, 5.41) is 15.4. The average molecular weight is 384 g/mol. The first kappa shape index (κ1) is 26.2. The first-order valence-corrected chi connectivity index (χ1v) is 8.69. The predicted molar refractivity (Wildman–Crippen MR) is 97.6 cm³/mol. The Hall–Kier alpha value is -0.996. The van der Waals surface area contributed by atoms with Gasteiger partial charge in [0, 0.05) is 12.8 Å². The van der Waals surface area contributed by atoms with Crippen molar-refractivity contribution in [1.29, 1.82) is 0 Å². The zero-order valence-corrected chi connectivity index (χ0v) is 17.4. The molecule has 0 heterocycles. The van der Waals surface area contributed by atoms with Gasteiger partial charge >= 0.3 is 33.7 Å². The second-order valence-electron chi connectivity index (χ2n) is 6.06. The van der Waals surface area contributed by atoms with Crippen LogP contribution in [0.3, 0.4) is 0 Å². The van der Waals surface area contributed by atoms with E-state index in [0.717, 1.165) is 0 Å². The van der Waals surface area contributed by atoms with Crippen LogP contribution in [0, 0.1) is 13.8 Å². The molecule has 2 N–H and O–H groups in total. The van der Waals surface area contributed by atoms with Crippen LogP contribution in [-0.2, 0) is 31.3 Å². The summed E-state index contributed by atoms with van der Waals surface area (Å²) < 4.78 is 0. The molecule has 0 bridgehead atoms. The van der Waals surface area contributed by atoms with Crippen LogP contribution < -0.4 is 0 Å². The molecule has 3 rings (SSSR count). The monoisotopic (exact) mass is 384 g/mol. The normalized spacial score (nSPS) is 17.0. The van der Waals surface area contributed by atoms with E-state index in [4.69, 9.17) is 10.2 Å². The standard InChI is InChI=1S/C13H17.2C3H6O2.CH3.Ti/c1-3-7-12-10(5-1)9-11-6-2-4-8-13(11)12;2*1-2-3(4)5;;/h5H,1-4,6-9H2;2*2H2,1H3,(H,4,5);1H3;/q-1;;;-1;+2. The van der Waals surface area contributed by atoms with Crippen molar-refractivity contribution in [2.75, 3.05) is 0 Å². The molecular formula is C20H32O4Ti. The number of hydrogen-bond donors (Lipinski definition) is 2. The molecule has 0 saturated heterocycles. The summed E-state index contributed by atoms with van der Waals surface area (Å²) in [6, 6.07) is 0. The van der Waals surface area contributed by atoms with Crippen molar-refractivity contribution in [2.24, 2.45) is 0 Å². The van der Waals surface area contributed by atoms with Gasteiger partial charge in [0.25, 0.3) is 0 Å². The fraction of sp³-hybridized carbons (Fsp3) is 0.600. The van der Waals surface area contributed by atoms with E-state index in [-0.39, 0.29) is 42.0 Å². The minimum Gasteiger partial charge on any atom is -0.481 e. The molecule has 5 heteroatoms. The number of hydrogen-bond acceptors (Lipinski definition) is 2. The molecule has 140 valence electrons. The summed E-state index contributed by atoms with van der Waals surface area (Å²) in [6.45, 7) is 3.20. The van der Waals surface area contributed by atoms with Crippen LogP contribution in [0.2, 0.25) is 0 Å². The third-order valence-electron chi connectivity index (χ3n) is 4.36. The number of carbonyl (C=O) groups is 2. The first-order chi connectivity index (χ1) is 11.0. The molecule has 0 amide bonds. The maximum atomic E-state index is 9.37. The maximum absolute atomic E-state index is 9.37. The molecule has 3 aliphatic carbocycles. The molecule has 0 unspecified atom stereocenters. The van der Waals surface area contributed by atoms with Gasteiger partial charge in [0.2, 0.25) is 0 Å². The number of rotatable bonds is 2. The molecule has 0 spiro atoms.